The predicted octanol–water partition coefficient (Wildman–Crippen LogP) is 19.5. The predicted molar refractivity (Wildman–Crippen MR) is 634 cm³/mol. The van der Waals surface area contributed by atoms with Gasteiger partial charge in [0.2, 0.25) is 6.69 Å². The molecule has 0 radical (unpaired) electrons. The molecule has 0 bridgehead atoms. The summed E-state index contributed by atoms with van der Waals surface area (Å²) in [6.45, 7) is 44.2. The minimum Gasteiger partial charge on any atom is -0.433 e. The molecule has 150 heavy (non-hydrogen) atoms. The second-order valence-corrected chi connectivity index (χ2v) is 93.8. The average Bonchev–Trinajstić information content (AvgIpc) is 0.784. The van der Waals surface area contributed by atoms with Crippen LogP contribution in [0.15, 0.2) is 60.7 Å². The maximum Gasteiger partial charge on any atom is 0.974 e. The van der Waals surface area contributed by atoms with E-state index in [2.05, 4.69) is 137 Å². The lowest BCUT2D eigenvalue weighted by Crippen LogP contribution is -2.77. The highest BCUT2D eigenvalue weighted by Crippen LogP contribution is 2.39. The third-order valence-corrected chi connectivity index (χ3v) is 56.8. The Balaban J connectivity index is -0.000000245. The van der Waals surface area contributed by atoms with Crippen molar-refractivity contribution in [2.75, 3.05) is 149 Å². The molecule has 1 spiro atoms. The normalized spacial score (nSPS) is 14.2. The van der Waals surface area contributed by atoms with Crippen LogP contribution in [-0.2, 0) is 99.1 Å². The van der Waals surface area contributed by atoms with Crippen LogP contribution in [0.5, 0.6) is 0 Å². The van der Waals surface area contributed by atoms with Gasteiger partial charge in [0.05, 0.1) is 24.8 Å². The van der Waals surface area contributed by atoms with E-state index in [9.17, 15) is 38.1 Å². The van der Waals surface area contributed by atoms with Crippen LogP contribution in [0.1, 0.15) is 234 Å². The number of nitrogens with zero attached hydrogens (tertiary/aromatic N) is 7. The van der Waals surface area contributed by atoms with Crippen LogP contribution in [0.4, 0.5) is 0 Å². The fourth-order valence-corrected chi connectivity index (χ4v) is 40.7. The fraction of sp³-hybridized carbons (Fsp3) is 0.793. The highest BCUT2D eigenvalue weighted by Gasteiger charge is 2.62. The molecule has 3 aliphatic rings. The lowest BCUT2D eigenvalue weighted by molar-refractivity contribution is -0.160. The summed E-state index contributed by atoms with van der Waals surface area (Å²) < 4.78 is 109. The molecule has 3 saturated heterocycles. The third kappa shape index (κ3) is 93.4. The third-order valence-electron chi connectivity index (χ3n) is 20.0. The van der Waals surface area contributed by atoms with Crippen molar-refractivity contribution in [3.8, 4) is 18.2 Å². The summed E-state index contributed by atoms with van der Waals surface area (Å²) in [7, 11) is -12.7. The molecule has 2 aromatic rings. The molecule has 884 valence electrons. The Kier molecular flexibility index (Phi) is 102. The SMILES string of the molecule is C1CC[Si]2(CCCCO2)OC1.CC(=O)O[Si](OC(C)=O)(OC(C)=O)OC(C)=O.CCCCCCCC[Si](Cl)(Cl)Cl.CCO[Si](CCC#N)(OCC)OCC.CCO[Si](CCCC#N)(OCC)OCC.CCO[Si](OCC)(OCC)OCC.CC[Si](O)(CC)CC.CN(C)[Si](N(C)C)(N(C)C)N(C)C.CP(=O)(O)OCCC[Si](O)(O)O.C[Si](C)(C)O.C[Si](Cl)(Cl)CCCC#N.Cl[Si]1(Cl)CCC1.O[Si](O)(c1ccccc1)c1ccccc1. The van der Waals surface area contributed by atoms with Crippen molar-refractivity contribution in [1.82, 2.24) is 18.3 Å². The maximum atomic E-state index is 10.8. The first-order valence-corrected chi connectivity index (χ1v) is 89.3. The number of hydrogen-bond acceptors (Lipinski definition) is 36. The largest absolute Gasteiger partial charge is 0.974 e. The van der Waals surface area contributed by atoms with Gasteiger partial charge in [-0.05, 0) is 262 Å². The summed E-state index contributed by atoms with van der Waals surface area (Å²) in [5, 5.41) is 26.4. The van der Waals surface area contributed by atoms with Crippen LogP contribution in [0.2, 0.25) is 98.7 Å². The first-order chi connectivity index (χ1) is 69.5. The molecule has 0 aromatic heterocycles. The highest BCUT2D eigenvalue weighted by molar-refractivity contribution is 7.64. The fourth-order valence-electron chi connectivity index (χ4n) is 13.6. The summed E-state index contributed by atoms with van der Waals surface area (Å²) in [5.41, 5.74) is 0. The van der Waals surface area contributed by atoms with Gasteiger partial charge in [-0.25, -0.2) is 0 Å². The zero-order valence-electron chi connectivity index (χ0n) is 96.3. The molecule has 1 atom stereocenters. The Morgan fingerprint density at radius 3 is 0.927 bits per heavy atom. The molecule has 0 aliphatic carbocycles. The first-order valence-electron chi connectivity index (χ1n) is 51.7. The Labute approximate surface area is 950 Å². The minimum atomic E-state index is -4.45. The molecule has 37 nitrogen and oxygen atoms in total. The first kappa shape index (κ1) is 164. The maximum absolute atomic E-state index is 10.8. The van der Waals surface area contributed by atoms with Gasteiger partial charge < -0.3 is 114 Å². The quantitative estimate of drug-likeness (QED) is 0.0132. The molecule has 3 fully saturated rings. The summed E-state index contributed by atoms with van der Waals surface area (Å²) in [6.07, 6.45) is 17.3. The molecule has 5 rings (SSSR count). The van der Waals surface area contributed by atoms with Crippen molar-refractivity contribution in [3.63, 3.8) is 0 Å². The molecule has 1 unspecified atom stereocenters. The average molecular weight is 2520 g/mol. The molecular weight excluding hydrogens is 2330 g/mol. The summed E-state index contributed by atoms with van der Waals surface area (Å²) in [4.78, 5) is 116. The van der Waals surface area contributed by atoms with Crippen LogP contribution < -0.4 is 10.4 Å². The monoisotopic (exact) mass is 2520 g/mol. The molecular formula is C92H195Cl7N7O30PSi13. The van der Waals surface area contributed by atoms with Crippen LogP contribution >= 0.6 is 85.1 Å². The van der Waals surface area contributed by atoms with Crippen molar-refractivity contribution in [2.24, 2.45) is 0 Å². The van der Waals surface area contributed by atoms with Crippen LogP contribution in [-0.4, -0.2) is 336 Å². The molecule has 58 heteroatoms. The van der Waals surface area contributed by atoms with E-state index in [-0.39, 0.29) is 19.1 Å². The number of carbonyl (C=O) groups is 4. The minimum absolute atomic E-state index is 0.0687. The molecule has 8 N–H and O–H groups in total. The number of benzene rings is 2. The van der Waals surface area contributed by atoms with Gasteiger partial charge in [0.1, 0.15) is 0 Å². The standard InChI is InChI=1S/C12H12O2Si.C10H21NO3Si.C9H19NO3Si.C8H17Cl3Si.C8H24N4Si.C8H12O8Si.C8H20O4Si.C8H16O2Si.C6H16OSi.C5H9Cl2NSi.C4H13O6PSi.C3H6Cl2Si.C3H10OSi/c13-15(14,11-7-3-1-4-8-11)12-9-5-2-6-10-12;1-4-12-15(13-5-2,14-6-3)10-8-7-9-11;1-4-11-14(12-5-2,13-6-3)9-7-8-10;1-2-3-4-5-6-7-8-12(9,10)11;1-9(2)13(10(3)4,11(5)6)12(7)8;1-5(9)13-17(14-6(2)10,15-7(3)11)16-8(4)12;1-5-9-13(10-6-2,11-7-3)12-8-4;1-3-7-11(9-5-1)8-4-2-6-10-11;1-4-8(7,5-2)6-3;1-9(6,7)5-3-2-4-8;1-11(5,6)10-3-2-4-12(7,8)9;4-6(5)2-1-3-6;1-5(2,3)4/h1-10,13-14H;4-8,10H2,1-3H3;4-7,9H2,1-3H3;2-8H2,1H3;1-8H3;1-4H3;5-8H2,1-4H3;1-8H2;7H,4-6H2,1-3H3;2-3,5H2,1H3;7-9H,2-4H2,1H3,(H,5,6);1-3H2;4H,1-3H3. The molecule has 0 saturated carbocycles. The molecule has 3 heterocycles. The van der Waals surface area contributed by atoms with E-state index in [4.69, 9.17) is 171 Å². The number of unbranched alkanes of at least 4 members (excludes halogenated alkanes) is 7. The second kappa shape index (κ2) is 93.3. The Bertz CT molecular complexity index is 3570. The lowest BCUT2D eigenvalue weighted by atomic mass is 10.1. The van der Waals surface area contributed by atoms with E-state index >= 15 is 0 Å². The van der Waals surface area contributed by atoms with Crippen molar-refractivity contribution in [3.05, 3.63) is 60.7 Å². The lowest BCUT2D eigenvalue weighted by Gasteiger charge is -2.49. The Morgan fingerprint density at radius 1 is 0.407 bits per heavy atom. The van der Waals surface area contributed by atoms with E-state index in [0.29, 0.717) is 102 Å². The number of rotatable bonds is 53. The highest BCUT2D eigenvalue weighted by atomic mass is 35.8. The van der Waals surface area contributed by atoms with Gasteiger partial charge in [-0.15, -0.1) is 77.6 Å². The van der Waals surface area contributed by atoms with Gasteiger partial charge in [-0.1, -0.05) is 133 Å². The van der Waals surface area contributed by atoms with Gasteiger partial charge in [0.25, 0.3) is 30.6 Å². The zero-order valence-corrected chi connectivity index (χ0v) is 115. The number of halogens is 7. The van der Waals surface area contributed by atoms with Gasteiger partial charge in [-0.3, -0.25) is 42.0 Å². The zero-order chi connectivity index (χ0) is 118. The van der Waals surface area contributed by atoms with Crippen LogP contribution in [0, 0.1) is 34.0 Å². The van der Waals surface area contributed by atoms with Crippen molar-refractivity contribution >= 4 is 226 Å². The molecule has 0 amide bonds. The van der Waals surface area contributed by atoms with E-state index in [0.717, 1.165) is 115 Å². The number of carbonyl (C=O) groups excluding carboxylic acids is 4. The smallest absolute Gasteiger partial charge is 0.433 e. The van der Waals surface area contributed by atoms with Gasteiger partial charge in [-0.2, -0.15) is 15.8 Å². The number of nitriles is 3. The van der Waals surface area contributed by atoms with Gasteiger partial charge >= 0.3 is 84.0 Å². The van der Waals surface area contributed by atoms with Gasteiger partial charge in [0.15, 0.2) is 16.6 Å². The second-order valence-electron chi connectivity index (χ2n) is 35.7. The summed E-state index contributed by atoms with van der Waals surface area (Å²) in [6, 6.07) is 32.5. The van der Waals surface area contributed by atoms with Crippen LogP contribution in [0.3, 0.4) is 0 Å². The van der Waals surface area contributed by atoms with Crippen molar-refractivity contribution in [2.45, 2.75) is 332 Å². The molecule has 3 aliphatic heterocycles. The van der Waals surface area contributed by atoms with E-state index in [1.54, 1.807) is 24.3 Å². The van der Waals surface area contributed by atoms with E-state index in [1.807, 2.05) is 138 Å². The van der Waals surface area contributed by atoms with E-state index < -0.39 is 138 Å². The topological polar surface area (TPSA) is 488 Å². The van der Waals surface area contributed by atoms with E-state index in [1.165, 1.54) is 76.3 Å². The van der Waals surface area contributed by atoms with Crippen molar-refractivity contribution in [1.29, 1.82) is 15.8 Å². The van der Waals surface area contributed by atoms with Gasteiger partial charge in [0, 0.05) is 151 Å². The summed E-state index contributed by atoms with van der Waals surface area (Å²) >= 11 is 40.2. The van der Waals surface area contributed by atoms with Crippen LogP contribution in [0.25, 0.3) is 0 Å². The summed E-state index contributed by atoms with van der Waals surface area (Å²) in [5.74, 6) is -3.67. The Hall–Kier alpha value is -1.13. The van der Waals surface area contributed by atoms with Crippen molar-refractivity contribution < 1.29 is 138 Å². The Morgan fingerprint density at radius 2 is 0.707 bits per heavy atom. The number of hydrogen-bond donors (Lipinski definition) is 8. The molecule has 2 aromatic carbocycles.